The first-order chi connectivity index (χ1) is 19.4. The molecule has 0 saturated carbocycles. The highest BCUT2D eigenvalue weighted by Gasteiger charge is 2.19. The van der Waals surface area contributed by atoms with Crippen LogP contribution in [0.1, 0.15) is 17.3 Å². The lowest BCUT2D eigenvalue weighted by Gasteiger charge is -2.10. The molecule has 0 saturated heterocycles. The number of allylic oxidation sites excluding steroid dienone is 3. The van der Waals surface area contributed by atoms with Crippen LogP contribution in [0, 0.1) is 0 Å². The monoisotopic (exact) mass is 598 g/mol. The average molecular weight is 599 g/mol. The SMILES string of the molecule is C=C/C(=C\C=C(/C)OS(=O)(=O)c1ccc(-c2ccc(S(=O)(=O)Oc3ccc(C(=O)OC)cc3)cc2)cc1)C(=O)OC. The first kappa shape index (κ1) is 30.9. The highest BCUT2D eigenvalue weighted by Crippen LogP contribution is 2.26. The minimum Gasteiger partial charge on any atom is -0.465 e. The van der Waals surface area contributed by atoms with E-state index in [1.165, 1.54) is 87.9 Å². The molecule has 0 aliphatic heterocycles. The van der Waals surface area contributed by atoms with Gasteiger partial charge in [0.05, 0.1) is 25.4 Å². The van der Waals surface area contributed by atoms with Gasteiger partial charge < -0.3 is 17.8 Å². The van der Waals surface area contributed by atoms with Crippen molar-refractivity contribution < 1.29 is 44.3 Å². The van der Waals surface area contributed by atoms with Gasteiger partial charge in [-0.15, -0.1) is 0 Å². The van der Waals surface area contributed by atoms with Crippen LogP contribution in [0.4, 0.5) is 0 Å². The van der Waals surface area contributed by atoms with Crippen molar-refractivity contribution in [3.05, 3.63) is 114 Å². The second-order valence-corrected chi connectivity index (χ2v) is 11.3. The quantitative estimate of drug-likeness (QED) is 0.0994. The Morgan fingerprint density at radius 3 is 1.68 bits per heavy atom. The maximum atomic E-state index is 12.7. The van der Waals surface area contributed by atoms with E-state index >= 15 is 0 Å². The molecule has 41 heavy (non-hydrogen) atoms. The van der Waals surface area contributed by atoms with Gasteiger partial charge in [-0.25, -0.2) is 9.59 Å². The molecule has 0 heterocycles. The number of hydrogen-bond acceptors (Lipinski definition) is 10. The Morgan fingerprint density at radius 2 is 1.22 bits per heavy atom. The maximum Gasteiger partial charge on any atom is 0.339 e. The fourth-order valence-electron chi connectivity index (χ4n) is 3.36. The van der Waals surface area contributed by atoms with Gasteiger partial charge in [-0.2, -0.15) is 16.8 Å². The largest absolute Gasteiger partial charge is 0.465 e. The fourth-order valence-corrected chi connectivity index (χ4v) is 5.26. The molecule has 3 aromatic carbocycles. The smallest absolute Gasteiger partial charge is 0.339 e. The molecule has 3 aromatic rings. The topological polar surface area (TPSA) is 139 Å². The van der Waals surface area contributed by atoms with Gasteiger partial charge in [0.25, 0.3) is 0 Å². The number of rotatable bonds is 11. The van der Waals surface area contributed by atoms with Crippen LogP contribution >= 0.6 is 0 Å². The number of ether oxygens (including phenoxy) is 2. The highest BCUT2D eigenvalue weighted by molar-refractivity contribution is 7.87. The van der Waals surface area contributed by atoms with Crippen LogP contribution in [0.5, 0.6) is 5.75 Å². The van der Waals surface area contributed by atoms with Crippen molar-refractivity contribution in [1.29, 1.82) is 0 Å². The van der Waals surface area contributed by atoms with Crippen LogP contribution in [0.3, 0.4) is 0 Å². The highest BCUT2D eigenvalue weighted by atomic mass is 32.2. The lowest BCUT2D eigenvalue weighted by atomic mass is 10.1. The van der Waals surface area contributed by atoms with E-state index in [1.54, 1.807) is 24.3 Å². The summed E-state index contributed by atoms with van der Waals surface area (Å²) < 4.78 is 70.2. The summed E-state index contributed by atoms with van der Waals surface area (Å²) in [5, 5.41) is 0. The molecule has 3 rings (SSSR count). The van der Waals surface area contributed by atoms with Crippen LogP contribution in [-0.4, -0.2) is 43.0 Å². The first-order valence-electron chi connectivity index (χ1n) is 11.8. The minimum atomic E-state index is -4.16. The summed E-state index contributed by atoms with van der Waals surface area (Å²) >= 11 is 0. The van der Waals surface area contributed by atoms with E-state index in [0.717, 1.165) is 0 Å². The Hall–Kier alpha value is -4.68. The summed E-state index contributed by atoms with van der Waals surface area (Å²) in [7, 11) is -5.88. The standard InChI is InChI=1S/C29H26O10S2/c1-5-21(28(30)36-3)7-6-20(2)38-40(32,33)26-16-10-22(11-17-26)23-12-18-27(19-13-23)41(34,35)39-25-14-8-24(9-15-25)29(31)37-4/h5-19H,1H2,2-4H3/b20-6+,21-7+. The molecular formula is C29H26O10S2. The molecule has 214 valence electrons. The van der Waals surface area contributed by atoms with E-state index in [1.807, 2.05) is 0 Å². The van der Waals surface area contributed by atoms with Crippen molar-refractivity contribution in [1.82, 2.24) is 0 Å². The fraction of sp³-hybridized carbons (Fsp3) is 0.103. The third-order valence-corrected chi connectivity index (χ3v) is 8.07. The molecule has 0 aliphatic rings. The number of benzene rings is 3. The van der Waals surface area contributed by atoms with E-state index < -0.39 is 32.2 Å². The summed E-state index contributed by atoms with van der Waals surface area (Å²) in [6, 6.07) is 17.0. The predicted molar refractivity (Wildman–Crippen MR) is 150 cm³/mol. The lowest BCUT2D eigenvalue weighted by molar-refractivity contribution is -0.135. The number of carbonyl (C=O) groups is 2. The molecular weight excluding hydrogens is 572 g/mol. The lowest BCUT2D eigenvalue weighted by Crippen LogP contribution is -2.10. The number of hydrogen-bond donors (Lipinski definition) is 0. The normalized spacial score (nSPS) is 12.3. The van der Waals surface area contributed by atoms with E-state index in [4.69, 9.17) is 8.37 Å². The molecule has 0 amide bonds. The van der Waals surface area contributed by atoms with Crippen molar-refractivity contribution in [2.24, 2.45) is 0 Å². The van der Waals surface area contributed by atoms with Gasteiger partial charge in [0, 0.05) is 0 Å². The number of methoxy groups -OCH3 is 2. The van der Waals surface area contributed by atoms with Crippen LogP contribution < -0.4 is 4.18 Å². The predicted octanol–water partition coefficient (Wildman–Crippen LogP) is 4.80. The summed E-state index contributed by atoms with van der Waals surface area (Å²) in [6.45, 7) is 4.91. The maximum absolute atomic E-state index is 12.7. The van der Waals surface area contributed by atoms with Crippen molar-refractivity contribution in [3.63, 3.8) is 0 Å². The molecule has 0 fully saturated rings. The van der Waals surface area contributed by atoms with Gasteiger partial charge in [-0.3, -0.25) is 0 Å². The summed E-state index contributed by atoms with van der Waals surface area (Å²) in [6.07, 6.45) is 3.89. The van der Waals surface area contributed by atoms with Crippen LogP contribution in [-0.2, 0) is 38.7 Å². The molecule has 0 spiro atoms. The number of carbonyl (C=O) groups excluding carboxylic acids is 2. The molecule has 0 unspecified atom stereocenters. The van der Waals surface area contributed by atoms with Gasteiger partial charge in [0.1, 0.15) is 21.3 Å². The summed E-state index contributed by atoms with van der Waals surface area (Å²) in [4.78, 5) is 22.9. The molecule has 12 heteroatoms. The zero-order valence-corrected chi connectivity index (χ0v) is 23.9. The molecule has 0 N–H and O–H groups in total. The summed E-state index contributed by atoms with van der Waals surface area (Å²) in [5.74, 6) is -1.16. The minimum absolute atomic E-state index is 0.00996. The van der Waals surface area contributed by atoms with Gasteiger partial charge in [-0.05, 0) is 78.7 Å². The molecule has 0 atom stereocenters. The van der Waals surface area contributed by atoms with E-state index in [9.17, 15) is 26.4 Å². The Morgan fingerprint density at radius 1 is 0.707 bits per heavy atom. The van der Waals surface area contributed by atoms with E-state index in [2.05, 4.69) is 16.1 Å². The number of esters is 2. The molecule has 0 aliphatic carbocycles. The van der Waals surface area contributed by atoms with Gasteiger partial charge in [0.2, 0.25) is 0 Å². The van der Waals surface area contributed by atoms with E-state index in [-0.39, 0.29) is 32.4 Å². The van der Waals surface area contributed by atoms with Gasteiger partial charge in [-0.1, -0.05) is 36.9 Å². The second-order valence-electron chi connectivity index (χ2n) is 8.23. The van der Waals surface area contributed by atoms with Crippen molar-refractivity contribution >= 4 is 32.2 Å². The average Bonchev–Trinajstić information content (AvgIpc) is 2.97. The Labute approximate surface area is 238 Å². The molecule has 0 aromatic heterocycles. The second kappa shape index (κ2) is 13.1. The molecule has 10 nitrogen and oxygen atoms in total. The molecule has 0 bridgehead atoms. The Bertz CT molecular complexity index is 1700. The zero-order chi connectivity index (χ0) is 30.2. The van der Waals surface area contributed by atoms with Crippen LogP contribution in [0.15, 0.2) is 119 Å². The van der Waals surface area contributed by atoms with E-state index in [0.29, 0.717) is 11.1 Å². The first-order valence-corrected chi connectivity index (χ1v) is 14.6. The van der Waals surface area contributed by atoms with Crippen LogP contribution in [0.2, 0.25) is 0 Å². The molecule has 0 radical (unpaired) electrons. The zero-order valence-electron chi connectivity index (χ0n) is 22.3. The third kappa shape index (κ3) is 7.93. The third-order valence-electron chi connectivity index (χ3n) is 5.48. The Kier molecular flexibility index (Phi) is 9.87. The van der Waals surface area contributed by atoms with Crippen molar-refractivity contribution in [2.45, 2.75) is 16.7 Å². The van der Waals surface area contributed by atoms with Crippen LogP contribution in [0.25, 0.3) is 11.1 Å². The van der Waals surface area contributed by atoms with Crippen molar-refractivity contribution in [2.75, 3.05) is 14.2 Å². The van der Waals surface area contributed by atoms with Gasteiger partial charge in [0.15, 0.2) is 0 Å². The van der Waals surface area contributed by atoms with Gasteiger partial charge >= 0.3 is 32.2 Å². The Balaban J connectivity index is 1.72. The summed E-state index contributed by atoms with van der Waals surface area (Å²) in [5.41, 5.74) is 1.61. The van der Waals surface area contributed by atoms with Crippen molar-refractivity contribution in [3.8, 4) is 16.9 Å².